The number of carbonyl (C=O) groups is 2. The minimum absolute atomic E-state index is 0.208. The maximum atomic E-state index is 12.6. The van der Waals surface area contributed by atoms with Crippen LogP contribution in [0.5, 0.6) is 5.75 Å². The Morgan fingerprint density at radius 1 is 1.04 bits per heavy atom. The van der Waals surface area contributed by atoms with Gasteiger partial charge in [-0.15, -0.1) is 0 Å². The van der Waals surface area contributed by atoms with Gasteiger partial charge in [-0.3, -0.25) is 10.1 Å². The van der Waals surface area contributed by atoms with Gasteiger partial charge in [0.25, 0.3) is 5.91 Å². The van der Waals surface area contributed by atoms with Crippen LogP contribution in [-0.4, -0.2) is 24.7 Å². The van der Waals surface area contributed by atoms with E-state index < -0.39 is 11.7 Å². The summed E-state index contributed by atoms with van der Waals surface area (Å²) in [5, 5.41) is 5.62. The van der Waals surface area contributed by atoms with Crippen LogP contribution in [0.25, 0.3) is 0 Å². The molecule has 0 aromatic heterocycles. The molecule has 0 saturated heterocycles. The van der Waals surface area contributed by atoms with Gasteiger partial charge in [0.15, 0.2) is 0 Å². The molecule has 1 atom stereocenters. The van der Waals surface area contributed by atoms with E-state index in [-0.39, 0.29) is 11.9 Å². The molecule has 0 radical (unpaired) electrons. The van der Waals surface area contributed by atoms with Crippen molar-refractivity contribution in [1.82, 2.24) is 5.32 Å². The number of carbonyl (C=O) groups excluding carboxylic acids is 2. The molecule has 2 rings (SSSR count). The Balaban J connectivity index is 2.03. The molecule has 0 unspecified atom stereocenters. The smallest absolute Gasteiger partial charge is 0.412 e. The number of aryl methyl sites for hydroxylation is 1. The lowest BCUT2D eigenvalue weighted by atomic mass is 10.0. The molecule has 6 heteroatoms. The molecule has 150 valence electrons. The minimum Gasteiger partial charge on any atom is -0.496 e. The molecule has 2 N–H and O–H groups in total. The number of hydrogen-bond acceptors (Lipinski definition) is 4. The van der Waals surface area contributed by atoms with Crippen LogP contribution in [0.1, 0.15) is 55.2 Å². The highest BCUT2D eigenvalue weighted by Crippen LogP contribution is 2.26. The predicted molar refractivity (Wildman–Crippen MR) is 110 cm³/mol. The molecule has 0 aliphatic rings. The Bertz CT molecular complexity index is 839. The standard InChI is InChI=1S/C22H28N2O4/c1-14-7-12-19(27-6)18(13-14)15(2)23-20(25)16-8-10-17(11-9-16)24-21(26)28-22(3,4)5/h7-13,15H,1-6H3,(H,23,25)(H,24,26)/t15-/m1/s1. The molecule has 2 aromatic carbocycles. The maximum Gasteiger partial charge on any atom is 0.412 e. The largest absolute Gasteiger partial charge is 0.496 e. The first-order valence-electron chi connectivity index (χ1n) is 9.14. The van der Waals surface area contributed by atoms with Crippen molar-refractivity contribution in [3.8, 4) is 5.75 Å². The molecular formula is C22H28N2O4. The van der Waals surface area contributed by atoms with Crippen LogP contribution in [0.2, 0.25) is 0 Å². The molecule has 2 aromatic rings. The van der Waals surface area contributed by atoms with Crippen molar-refractivity contribution in [2.24, 2.45) is 0 Å². The maximum absolute atomic E-state index is 12.6. The minimum atomic E-state index is -0.573. The fraction of sp³-hybridized carbons (Fsp3) is 0.364. The van der Waals surface area contributed by atoms with Gasteiger partial charge in [0.2, 0.25) is 0 Å². The fourth-order valence-electron chi connectivity index (χ4n) is 2.68. The normalized spacial score (nSPS) is 12.1. The molecule has 0 heterocycles. The van der Waals surface area contributed by atoms with E-state index in [1.165, 1.54) is 0 Å². The van der Waals surface area contributed by atoms with E-state index in [1.54, 1.807) is 52.1 Å². The Morgan fingerprint density at radius 3 is 2.25 bits per heavy atom. The van der Waals surface area contributed by atoms with Gasteiger partial charge in [-0.2, -0.15) is 0 Å². The summed E-state index contributed by atoms with van der Waals surface area (Å²) in [6.45, 7) is 9.29. The second-order valence-corrected chi connectivity index (χ2v) is 7.64. The Morgan fingerprint density at radius 2 is 1.68 bits per heavy atom. The van der Waals surface area contributed by atoms with Gasteiger partial charge >= 0.3 is 6.09 Å². The number of ether oxygens (including phenoxy) is 2. The topological polar surface area (TPSA) is 76.7 Å². The first-order chi connectivity index (χ1) is 13.1. The van der Waals surface area contributed by atoms with E-state index in [0.717, 1.165) is 16.9 Å². The number of nitrogens with one attached hydrogen (secondary N) is 2. The van der Waals surface area contributed by atoms with Crippen LogP contribution in [0.4, 0.5) is 10.5 Å². The van der Waals surface area contributed by atoms with E-state index in [0.29, 0.717) is 11.3 Å². The quantitative estimate of drug-likeness (QED) is 0.773. The average Bonchev–Trinajstić information content (AvgIpc) is 2.60. The summed E-state index contributed by atoms with van der Waals surface area (Å²) >= 11 is 0. The monoisotopic (exact) mass is 384 g/mol. The summed E-state index contributed by atoms with van der Waals surface area (Å²) in [6, 6.07) is 12.3. The van der Waals surface area contributed by atoms with Crippen molar-refractivity contribution in [1.29, 1.82) is 0 Å². The molecule has 0 fully saturated rings. The van der Waals surface area contributed by atoms with Crippen LogP contribution in [0, 0.1) is 6.92 Å². The molecule has 0 aliphatic heterocycles. The van der Waals surface area contributed by atoms with Gasteiger partial charge in [-0.1, -0.05) is 17.7 Å². The average molecular weight is 384 g/mol. The highest BCUT2D eigenvalue weighted by Gasteiger charge is 2.17. The number of rotatable bonds is 5. The van der Waals surface area contributed by atoms with E-state index in [9.17, 15) is 9.59 Å². The first kappa shape index (κ1) is 21.3. The van der Waals surface area contributed by atoms with Crippen LogP contribution >= 0.6 is 0 Å². The Hall–Kier alpha value is -3.02. The van der Waals surface area contributed by atoms with Crippen LogP contribution < -0.4 is 15.4 Å². The summed E-state index contributed by atoms with van der Waals surface area (Å²) in [7, 11) is 1.61. The van der Waals surface area contributed by atoms with E-state index in [4.69, 9.17) is 9.47 Å². The van der Waals surface area contributed by atoms with Crippen LogP contribution in [0.3, 0.4) is 0 Å². The number of amides is 2. The number of methoxy groups -OCH3 is 1. The fourth-order valence-corrected chi connectivity index (χ4v) is 2.68. The lowest BCUT2D eigenvalue weighted by molar-refractivity contribution is 0.0635. The van der Waals surface area contributed by atoms with Gasteiger partial charge in [0.1, 0.15) is 11.4 Å². The lowest BCUT2D eigenvalue weighted by Crippen LogP contribution is -2.27. The number of anilines is 1. The molecule has 0 aliphatic carbocycles. The Labute approximate surface area is 166 Å². The van der Waals surface area contributed by atoms with Gasteiger partial charge in [0, 0.05) is 16.8 Å². The third kappa shape index (κ3) is 6.01. The molecule has 28 heavy (non-hydrogen) atoms. The molecule has 2 amide bonds. The van der Waals surface area contributed by atoms with Gasteiger partial charge < -0.3 is 14.8 Å². The van der Waals surface area contributed by atoms with Crippen molar-refractivity contribution in [2.75, 3.05) is 12.4 Å². The van der Waals surface area contributed by atoms with Crippen molar-refractivity contribution >= 4 is 17.7 Å². The SMILES string of the molecule is COc1ccc(C)cc1[C@@H](C)NC(=O)c1ccc(NC(=O)OC(C)(C)C)cc1. The lowest BCUT2D eigenvalue weighted by Gasteiger charge is -2.20. The van der Waals surface area contributed by atoms with Gasteiger partial charge in [0.05, 0.1) is 13.2 Å². The Kier molecular flexibility index (Phi) is 6.67. The van der Waals surface area contributed by atoms with Gasteiger partial charge in [-0.05, 0) is 65.0 Å². The van der Waals surface area contributed by atoms with Crippen molar-refractivity contribution in [2.45, 2.75) is 46.3 Å². The second kappa shape index (κ2) is 8.78. The van der Waals surface area contributed by atoms with Crippen LogP contribution in [-0.2, 0) is 4.74 Å². The summed E-state index contributed by atoms with van der Waals surface area (Å²) in [5.41, 5.74) is 2.48. The molecule has 6 nitrogen and oxygen atoms in total. The second-order valence-electron chi connectivity index (χ2n) is 7.64. The summed E-state index contributed by atoms with van der Waals surface area (Å²) in [5.74, 6) is 0.523. The van der Waals surface area contributed by atoms with Crippen molar-refractivity contribution in [3.63, 3.8) is 0 Å². The van der Waals surface area contributed by atoms with Gasteiger partial charge in [-0.25, -0.2) is 4.79 Å². The molecule has 0 bridgehead atoms. The molecule has 0 saturated carbocycles. The van der Waals surface area contributed by atoms with E-state index in [1.807, 2.05) is 32.0 Å². The first-order valence-corrected chi connectivity index (χ1v) is 9.14. The summed E-state index contributed by atoms with van der Waals surface area (Å²) < 4.78 is 10.6. The number of hydrogen-bond donors (Lipinski definition) is 2. The van der Waals surface area contributed by atoms with Crippen molar-refractivity contribution < 1.29 is 19.1 Å². The molecular weight excluding hydrogens is 356 g/mol. The summed E-state index contributed by atoms with van der Waals surface area (Å²) in [6.07, 6.45) is -0.537. The molecule has 0 spiro atoms. The zero-order valence-electron chi connectivity index (χ0n) is 17.3. The zero-order valence-corrected chi connectivity index (χ0v) is 17.3. The third-order valence-corrected chi connectivity index (χ3v) is 3.99. The number of benzene rings is 2. The zero-order chi connectivity index (χ0) is 20.9. The van der Waals surface area contributed by atoms with E-state index in [2.05, 4.69) is 10.6 Å². The summed E-state index contributed by atoms with van der Waals surface area (Å²) in [4.78, 5) is 24.4. The highest BCUT2D eigenvalue weighted by molar-refractivity contribution is 5.95. The van der Waals surface area contributed by atoms with Crippen LogP contribution in [0.15, 0.2) is 42.5 Å². The predicted octanol–water partition coefficient (Wildman–Crippen LogP) is 4.84. The highest BCUT2D eigenvalue weighted by atomic mass is 16.6. The third-order valence-electron chi connectivity index (χ3n) is 3.99. The van der Waals surface area contributed by atoms with E-state index >= 15 is 0 Å². The van der Waals surface area contributed by atoms with Crippen molar-refractivity contribution in [3.05, 3.63) is 59.2 Å².